The average Bonchev–Trinajstić information content (AvgIpc) is 2.02. The Morgan fingerprint density at radius 2 is 2.00 bits per heavy atom. The van der Waals surface area contributed by atoms with Gasteiger partial charge < -0.3 is 10.6 Å². The maximum atomic E-state index is 11.3. The Morgan fingerprint density at radius 1 is 1.50 bits per heavy atom. The van der Waals surface area contributed by atoms with Gasteiger partial charge >= 0.3 is 0 Å². The van der Waals surface area contributed by atoms with Crippen molar-refractivity contribution in [3.63, 3.8) is 0 Å². The molecule has 2 atom stereocenters. The normalized spacial score (nSPS) is 15.4. The predicted octanol–water partition coefficient (Wildman–Crippen LogP) is 0.838. The molecule has 0 aliphatic carbocycles. The summed E-state index contributed by atoms with van der Waals surface area (Å²) in [5.41, 5.74) is 5.46. The van der Waals surface area contributed by atoms with E-state index in [-0.39, 0.29) is 11.9 Å². The second-order valence-electron chi connectivity index (χ2n) is 3.52. The lowest BCUT2D eigenvalue weighted by molar-refractivity contribution is -0.131. The highest BCUT2D eigenvalue weighted by molar-refractivity contribution is 5.80. The van der Waals surface area contributed by atoms with E-state index in [2.05, 4.69) is 13.8 Å². The summed E-state index contributed by atoms with van der Waals surface area (Å²) in [5.74, 6) is 0.577. The number of nitrogens with two attached hydrogens (primary N) is 1. The van der Waals surface area contributed by atoms with E-state index in [1.54, 1.807) is 18.9 Å². The fourth-order valence-corrected chi connectivity index (χ4v) is 1.03. The minimum absolute atomic E-state index is 0.0234. The molecule has 0 spiro atoms. The lowest BCUT2D eigenvalue weighted by Gasteiger charge is -2.22. The SMILES string of the molecule is CCC(C)CN(C)C(=O)C(C)N. The van der Waals surface area contributed by atoms with Gasteiger partial charge in [0, 0.05) is 13.6 Å². The highest BCUT2D eigenvalue weighted by atomic mass is 16.2. The monoisotopic (exact) mass is 172 g/mol. The Hall–Kier alpha value is -0.570. The molecule has 0 aliphatic rings. The van der Waals surface area contributed by atoms with Crippen molar-refractivity contribution in [2.45, 2.75) is 33.2 Å². The summed E-state index contributed by atoms with van der Waals surface area (Å²) in [6.07, 6.45) is 1.09. The highest BCUT2D eigenvalue weighted by Gasteiger charge is 2.14. The molecule has 0 fully saturated rings. The summed E-state index contributed by atoms with van der Waals surface area (Å²) >= 11 is 0. The third-order valence-electron chi connectivity index (χ3n) is 2.05. The molecular formula is C9H20N2O. The van der Waals surface area contributed by atoms with Crippen LogP contribution < -0.4 is 5.73 Å². The molecule has 0 aromatic heterocycles. The lowest BCUT2D eigenvalue weighted by Crippen LogP contribution is -2.41. The van der Waals surface area contributed by atoms with E-state index >= 15 is 0 Å². The number of carbonyl (C=O) groups is 1. The molecule has 0 aromatic rings. The zero-order valence-electron chi connectivity index (χ0n) is 8.50. The van der Waals surface area contributed by atoms with E-state index < -0.39 is 0 Å². The van der Waals surface area contributed by atoms with Crippen molar-refractivity contribution in [3.8, 4) is 0 Å². The Morgan fingerprint density at radius 3 is 2.33 bits per heavy atom. The van der Waals surface area contributed by atoms with Crippen LogP contribution in [0, 0.1) is 5.92 Å². The van der Waals surface area contributed by atoms with Crippen LogP contribution in [0.3, 0.4) is 0 Å². The summed E-state index contributed by atoms with van der Waals surface area (Å²) < 4.78 is 0. The number of carbonyl (C=O) groups excluding carboxylic acids is 1. The van der Waals surface area contributed by atoms with Crippen molar-refractivity contribution in [2.24, 2.45) is 11.7 Å². The molecule has 0 heterocycles. The Bertz CT molecular complexity index is 145. The van der Waals surface area contributed by atoms with E-state index in [9.17, 15) is 4.79 Å². The van der Waals surface area contributed by atoms with Crippen molar-refractivity contribution in [3.05, 3.63) is 0 Å². The molecular weight excluding hydrogens is 152 g/mol. The first-order chi connectivity index (χ1) is 5.49. The topological polar surface area (TPSA) is 46.3 Å². The summed E-state index contributed by atoms with van der Waals surface area (Å²) in [6.45, 7) is 6.77. The van der Waals surface area contributed by atoms with Gasteiger partial charge in [0.05, 0.1) is 6.04 Å². The maximum Gasteiger partial charge on any atom is 0.238 e. The molecule has 2 unspecified atom stereocenters. The van der Waals surface area contributed by atoms with E-state index in [0.717, 1.165) is 13.0 Å². The van der Waals surface area contributed by atoms with Gasteiger partial charge in [-0.3, -0.25) is 4.79 Å². The Labute approximate surface area is 74.9 Å². The molecule has 0 saturated heterocycles. The van der Waals surface area contributed by atoms with Crippen LogP contribution in [0.2, 0.25) is 0 Å². The standard InChI is InChI=1S/C9H20N2O/c1-5-7(2)6-11(4)9(12)8(3)10/h7-8H,5-6,10H2,1-4H3. The van der Waals surface area contributed by atoms with Crippen molar-refractivity contribution in [1.29, 1.82) is 0 Å². The fraction of sp³-hybridized carbons (Fsp3) is 0.889. The molecule has 0 aromatic carbocycles. The number of rotatable bonds is 4. The van der Waals surface area contributed by atoms with Crippen LogP contribution in [0.25, 0.3) is 0 Å². The van der Waals surface area contributed by atoms with Crippen LogP contribution in [0.15, 0.2) is 0 Å². The van der Waals surface area contributed by atoms with Gasteiger partial charge in [0.1, 0.15) is 0 Å². The summed E-state index contributed by atoms with van der Waals surface area (Å²) in [7, 11) is 1.80. The largest absolute Gasteiger partial charge is 0.344 e. The summed E-state index contributed by atoms with van der Waals surface area (Å²) in [4.78, 5) is 13.0. The minimum atomic E-state index is -0.376. The number of likely N-dealkylation sites (N-methyl/N-ethyl adjacent to an activating group) is 1. The molecule has 0 saturated carbocycles. The van der Waals surface area contributed by atoms with Gasteiger partial charge in [0.2, 0.25) is 5.91 Å². The fourth-order valence-electron chi connectivity index (χ4n) is 1.03. The first-order valence-electron chi connectivity index (χ1n) is 4.49. The Kier molecular flexibility index (Phi) is 4.90. The molecule has 12 heavy (non-hydrogen) atoms. The molecule has 3 heteroatoms. The molecule has 0 rings (SSSR count). The minimum Gasteiger partial charge on any atom is -0.344 e. The summed E-state index contributed by atoms with van der Waals surface area (Å²) in [6, 6.07) is -0.376. The molecule has 1 amide bonds. The molecule has 2 N–H and O–H groups in total. The molecule has 3 nitrogen and oxygen atoms in total. The lowest BCUT2D eigenvalue weighted by atomic mass is 10.1. The van der Waals surface area contributed by atoms with Gasteiger partial charge in [0.25, 0.3) is 0 Å². The van der Waals surface area contributed by atoms with E-state index in [1.165, 1.54) is 0 Å². The van der Waals surface area contributed by atoms with Crippen molar-refractivity contribution in [1.82, 2.24) is 4.90 Å². The quantitative estimate of drug-likeness (QED) is 0.683. The van der Waals surface area contributed by atoms with Crippen LogP contribution in [0.1, 0.15) is 27.2 Å². The second kappa shape index (κ2) is 5.14. The van der Waals surface area contributed by atoms with E-state index in [4.69, 9.17) is 5.73 Å². The van der Waals surface area contributed by atoms with Crippen molar-refractivity contribution in [2.75, 3.05) is 13.6 Å². The van der Waals surface area contributed by atoms with Gasteiger partial charge in [0.15, 0.2) is 0 Å². The number of amides is 1. The second-order valence-corrected chi connectivity index (χ2v) is 3.52. The van der Waals surface area contributed by atoms with Crippen LogP contribution in [-0.4, -0.2) is 30.4 Å². The van der Waals surface area contributed by atoms with Crippen LogP contribution in [0.4, 0.5) is 0 Å². The molecule has 0 aliphatic heterocycles. The molecule has 72 valence electrons. The van der Waals surface area contributed by atoms with Gasteiger partial charge in [-0.25, -0.2) is 0 Å². The number of nitrogens with zero attached hydrogens (tertiary/aromatic N) is 1. The third kappa shape index (κ3) is 3.72. The van der Waals surface area contributed by atoms with Crippen molar-refractivity contribution < 1.29 is 4.79 Å². The predicted molar refractivity (Wildman–Crippen MR) is 50.7 cm³/mol. The third-order valence-corrected chi connectivity index (χ3v) is 2.05. The first-order valence-corrected chi connectivity index (χ1v) is 4.49. The van der Waals surface area contributed by atoms with Gasteiger partial charge in [-0.05, 0) is 12.8 Å². The van der Waals surface area contributed by atoms with Crippen LogP contribution in [-0.2, 0) is 4.79 Å². The highest BCUT2D eigenvalue weighted by Crippen LogP contribution is 2.03. The first kappa shape index (κ1) is 11.4. The van der Waals surface area contributed by atoms with Crippen LogP contribution in [0.5, 0.6) is 0 Å². The summed E-state index contributed by atoms with van der Waals surface area (Å²) in [5, 5.41) is 0. The zero-order chi connectivity index (χ0) is 9.72. The number of hydrogen-bond donors (Lipinski definition) is 1. The van der Waals surface area contributed by atoms with Crippen LogP contribution >= 0.6 is 0 Å². The van der Waals surface area contributed by atoms with Gasteiger partial charge in [-0.15, -0.1) is 0 Å². The van der Waals surface area contributed by atoms with E-state index in [0.29, 0.717) is 5.92 Å². The maximum absolute atomic E-state index is 11.3. The van der Waals surface area contributed by atoms with E-state index in [1.807, 2.05) is 0 Å². The molecule has 0 radical (unpaired) electrons. The smallest absolute Gasteiger partial charge is 0.238 e. The molecule has 0 bridgehead atoms. The Balaban J connectivity index is 3.86. The number of hydrogen-bond acceptors (Lipinski definition) is 2. The van der Waals surface area contributed by atoms with Gasteiger partial charge in [-0.2, -0.15) is 0 Å². The zero-order valence-corrected chi connectivity index (χ0v) is 8.50. The van der Waals surface area contributed by atoms with Crippen molar-refractivity contribution >= 4 is 5.91 Å². The van der Waals surface area contributed by atoms with Gasteiger partial charge in [-0.1, -0.05) is 20.3 Å². The average molecular weight is 172 g/mol.